The number of hydrogen-bond acceptors (Lipinski definition) is 3. The minimum absolute atomic E-state index is 1.06. The third kappa shape index (κ3) is 2.36. The van der Waals surface area contributed by atoms with Crippen LogP contribution in [0, 0.1) is 0 Å². The highest BCUT2D eigenvalue weighted by Gasteiger charge is 2.14. The zero-order valence-corrected chi connectivity index (χ0v) is 9.19. The maximum atomic E-state index is 4.40. The Morgan fingerprint density at radius 3 is 2.73 bits per heavy atom. The summed E-state index contributed by atoms with van der Waals surface area (Å²) >= 11 is 0. The molecule has 0 amide bonds. The van der Waals surface area contributed by atoms with Crippen molar-refractivity contribution in [3.63, 3.8) is 0 Å². The molecule has 0 aromatic carbocycles. The largest absolute Gasteiger partial charge is 0.354 e. The predicted octanol–water partition coefficient (Wildman–Crippen LogP) is 1.48. The smallest absolute Gasteiger partial charge is 0.129 e. The number of likely N-dealkylation sites (N-methyl/N-ethyl adjacent to an activating group) is 1. The van der Waals surface area contributed by atoms with Gasteiger partial charge in [0.05, 0.1) is 0 Å². The maximum Gasteiger partial charge on any atom is 0.129 e. The molecule has 1 aromatic rings. The van der Waals surface area contributed by atoms with E-state index in [1.54, 1.807) is 0 Å². The van der Waals surface area contributed by atoms with E-state index < -0.39 is 0 Å². The van der Waals surface area contributed by atoms with Gasteiger partial charge in [-0.05, 0) is 24.7 Å². The molecule has 1 fully saturated rings. The molecule has 0 saturated carbocycles. The Kier molecular flexibility index (Phi) is 3.02. The fraction of sp³-hybridized carbons (Fsp3) is 0.417. The van der Waals surface area contributed by atoms with Gasteiger partial charge in [0.2, 0.25) is 0 Å². The lowest BCUT2D eigenvalue weighted by Gasteiger charge is -2.33. The van der Waals surface area contributed by atoms with Crippen LogP contribution in [0.2, 0.25) is 0 Å². The van der Waals surface area contributed by atoms with Crippen molar-refractivity contribution in [1.82, 2.24) is 9.88 Å². The molecule has 0 unspecified atom stereocenters. The molecule has 1 saturated heterocycles. The van der Waals surface area contributed by atoms with Gasteiger partial charge in [-0.15, -0.1) is 0 Å². The van der Waals surface area contributed by atoms with Crippen LogP contribution in [0.1, 0.15) is 5.56 Å². The van der Waals surface area contributed by atoms with Crippen molar-refractivity contribution in [3.8, 4) is 0 Å². The van der Waals surface area contributed by atoms with Crippen LogP contribution in [-0.2, 0) is 0 Å². The molecule has 0 N–H and O–H groups in total. The zero-order valence-electron chi connectivity index (χ0n) is 9.19. The fourth-order valence-electron chi connectivity index (χ4n) is 1.77. The van der Waals surface area contributed by atoms with Crippen LogP contribution >= 0.6 is 0 Å². The molecule has 80 valence electrons. The normalized spacial score (nSPS) is 17.8. The lowest BCUT2D eigenvalue weighted by molar-refractivity contribution is 0.312. The van der Waals surface area contributed by atoms with E-state index in [0.717, 1.165) is 37.6 Å². The van der Waals surface area contributed by atoms with Gasteiger partial charge in [-0.25, -0.2) is 4.98 Å². The van der Waals surface area contributed by atoms with Crippen molar-refractivity contribution < 1.29 is 0 Å². The average molecular weight is 203 g/mol. The summed E-state index contributed by atoms with van der Waals surface area (Å²) in [7, 11) is 2.16. The maximum absolute atomic E-state index is 4.40. The highest BCUT2D eigenvalue weighted by atomic mass is 15.3. The van der Waals surface area contributed by atoms with E-state index in [0.29, 0.717) is 0 Å². The molecule has 0 aliphatic carbocycles. The number of aromatic nitrogens is 1. The van der Waals surface area contributed by atoms with Crippen molar-refractivity contribution in [2.45, 2.75) is 0 Å². The third-order valence-corrected chi connectivity index (χ3v) is 2.83. The summed E-state index contributed by atoms with van der Waals surface area (Å²) in [5.41, 5.74) is 1.14. The summed E-state index contributed by atoms with van der Waals surface area (Å²) in [6, 6.07) is 4.07. The molecule has 3 nitrogen and oxygen atoms in total. The Hall–Kier alpha value is -1.35. The van der Waals surface area contributed by atoms with Crippen LogP contribution < -0.4 is 4.90 Å². The first-order valence-corrected chi connectivity index (χ1v) is 5.31. The first-order valence-electron chi connectivity index (χ1n) is 5.31. The lowest BCUT2D eigenvalue weighted by atomic mass is 10.2. The van der Waals surface area contributed by atoms with Crippen LogP contribution in [0.15, 0.2) is 24.9 Å². The Morgan fingerprint density at radius 2 is 2.07 bits per heavy atom. The van der Waals surface area contributed by atoms with Crippen LogP contribution in [0.5, 0.6) is 0 Å². The molecule has 1 aliphatic heterocycles. The summed E-state index contributed by atoms with van der Waals surface area (Å²) in [6.45, 7) is 8.12. The van der Waals surface area contributed by atoms with E-state index in [4.69, 9.17) is 0 Å². The summed E-state index contributed by atoms with van der Waals surface area (Å²) in [4.78, 5) is 9.06. The predicted molar refractivity (Wildman–Crippen MR) is 64.0 cm³/mol. The van der Waals surface area contributed by atoms with E-state index >= 15 is 0 Å². The standard InChI is InChI=1S/C12H17N3/c1-3-11-4-5-13-12(10-11)15-8-6-14(2)7-9-15/h3-5,10H,1,6-9H2,2H3. The molecule has 0 bridgehead atoms. The van der Waals surface area contributed by atoms with E-state index in [1.165, 1.54) is 0 Å². The number of pyridine rings is 1. The molecule has 2 heterocycles. The second kappa shape index (κ2) is 4.45. The van der Waals surface area contributed by atoms with Crippen molar-refractivity contribution >= 4 is 11.9 Å². The van der Waals surface area contributed by atoms with E-state index in [1.807, 2.05) is 18.3 Å². The second-order valence-electron chi connectivity index (χ2n) is 3.94. The molecule has 0 atom stereocenters. The van der Waals surface area contributed by atoms with Gasteiger partial charge in [0.1, 0.15) is 5.82 Å². The Balaban J connectivity index is 2.11. The molecule has 1 aliphatic rings. The van der Waals surface area contributed by atoms with Crippen LogP contribution in [0.3, 0.4) is 0 Å². The zero-order chi connectivity index (χ0) is 10.7. The average Bonchev–Trinajstić information content (AvgIpc) is 2.30. The van der Waals surface area contributed by atoms with Crippen LogP contribution in [0.4, 0.5) is 5.82 Å². The summed E-state index contributed by atoms with van der Waals surface area (Å²) in [6.07, 6.45) is 3.71. The van der Waals surface area contributed by atoms with Crippen LogP contribution in [-0.4, -0.2) is 43.1 Å². The van der Waals surface area contributed by atoms with Gasteiger partial charge >= 0.3 is 0 Å². The lowest BCUT2D eigenvalue weighted by Crippen LogP contribution is -2.44. The van der Waals surface area contributed by atoms with Crippen molar-refractivity contribution in [1.29, 1.82) is 0 Å². The van der Waals surface area contributed by atoms with Crippen molar-refractivity contribution in [2.75, 3.05) is 38.1 Å². The highest BCUT2D eigenvalue weighted by molar-refractivity contribution is 5.53. The van der Waals surface area contributed by atoms with Crippen molar-refractivity contribution in [3.05, 3.63) is 30.5 Å². The number of hydrogen-bond donors (Lipinski definition) is 0. The molecule has 2 rings (SSSR count). The van der Waals surface area contributed by atoms with Gasteiger partial charge < -0.3 is 9.80 Å². The van der Waals surface area contributed by atoms with E-state index in [9.17, 15) is 0 Å². The third-order valence-electron chi connectivity index (χ3n) is 2.83. The van der Waals surface area contributed by atoms with Gasteiger partial charge in [-0.2, -0.15) is 0 Å². The van der Waals surface area contributed by atoms with E-state index in [2.05, 4.69) is 34.5 Å². The topological polar surface area (TPSA) is 19.4 Å². The monoisotopic (exact) mass is 203 g/mol. The molecular formula is C12H17N3. The number of piperazine rings is 1. The SMILES string of the molecule is C=Cc1ccnc(N2CCN(C)CC2)c1. The number of nitrogens with zero attached hydrogens (tertiary/aromatic N) is 3. The quantitative estimate of drug-likeness (QED) is 0.725. The molecule has 0 radical (unpaired) electrons. The molecule has 3 heteroatoms. The van der Waals surface area contributed by atoms with Gasteiger partial charge in [-0.3, -0.25) is 0 Å². The van der Waals surface area contributed by atoms with Gasteiger partial charge in [-0.1, -0.05) is 12.7 Å². The minimum atomic E-state index is 1.06. The van der Waals surface area contributed by atoms with Gasteiger partial charge in [0.25, 0.3) is 0 Å². The van der Waals surface area contributed by atoms with Crippen molar-refractivity contribution in [2.24, 2.45) is 0 Å². The second-order valence-corrected chi connectivity index (χ2v) is 3.94. The van der Waals surface area contributed by atoms with Gasteiger partial charge in [0.15, 0.2) is 0 Å². The van der Waals surface area contributed by atoms with Gasteiger partial charge in [0, 0.05) is 32.4 Å². The Labute approximate surface area is 91.0 Å². The molecular weight excluding hydrogens is 186 g/mol. The molecule has 15 heavy (non-hydrogen) atoms. The number of anilines is 1. The van der Waals surface area contributed by atoms with E-state index in [-0.39, 0.29) is 0 Å². The Morgan fingerprint density at radius 1 is 1.33 bits per heavy atom. The molecule has 1 aromatic heterocycles. The Bertz CT molecular complexity index is 340. The minimum Gasteiger partial charge on any atom is -0.354 e. The molecule has 0 spiro atoms. The summed E-state index contributed by atoms with van der Waals surface area (Å²) in [5, 5.41) is 0. The first-order chi connectivity index (χ1) is 7.29. The first kappa shape index (κ1) is 10.2. The summed E-state index contributed by atoms with van der Waals surface area (Å²) in [5.74, 6) is 1.07. The highest BCUT2D eigenvalue weighted by Crippen LogP contribution is 2.14. The van der Waals surface area contributed by atoms with Crippen LogP contribution in [0.25, 0.3) is 6.08 Å². The summed E-state index contributed by atoms with van der Waals surface area (Å²) < 4.78 is 0. The number of rotatable bonds is 2. The fourth-order valence-corrected chi connectivity index (χ4v) is 1.77.